The van der Waals surface area contributed by atoms with Crippen molar-refractivity contribution in [3.8, 4) is 0 Å². The fourth-order valence-electron chi connectivity index (χ4n) is 3.63. The van der Waals surface area contributed by atoms with Crippen LogP contribution >= 0.6 is 0 Å². The smallest absolute Gasteiger partial charge is 0.242 e. The minimum Gasteiger partial charge on any atom is -0.351 e. The van der Waals surface area contributed by atoms with Crippen LogP contribution < -0.4 is 10.7 Å². The molecular formula is C19H26N4O2. The third kappa shape index (κ3) is 4.45. The van der Waals surface area contributed by atoms with Gasteiger partial charge in [0.15, 0.2) is 0 Å². The van der Waals surface area contributed by atoms with Crippen molar-refractivity contribution in [2.75, 3.05) is 19.6 Å². The molecular weight excluding hydrogens is 316 g/mol. The fraction of sp³-hybridized carbons (Fsp3) is 0.526. The van der Waals surface area contributed by atoms with Crippen LogP contribution in [0.4, 0.5) is 0 Å². The number of fused-ring (bicyclic) bond motifs is 1. The average molecular weight is 342 g/mol. The van der Waals surface area contributed by atoms with Gasteiger partial charge in [0.1, 0.15) is 6.54 Å². The summed E-state index contributed by atoms with van der Waals surface area (Å²) in [6.07, 6.45) is 3.80. The van der Waals surface area contributed by atoms with Gasteiger partial charge < -0.3 is 10.2 Å². The molecule has 2 atom stereocenters. The molecule has 1 aromatic carbocycles. The summed E-state index contributed by atoms with van der Waals surface area (Å²) in [5.41, 5.74) is 0.558. The number of amides is 1. The van der Waals surface area contributed by atoms with E-state index in [1.165, 1.54) is 19.0 Å². The first-order chi connectivity index (χ1) is 12.0. The lowest BCUT2D eigenvalue weighted by Gasteiger charge is -2.32. The molecule has 6 nitrogen and oxygen atoms in total. The zero-order valence-corrected chi connectivity index (χ0v) is 14.9. The molecule has 0 radical (unpaired) electrons. The highest BCUT2D eigenvalue weighted by Gasteiger charge is 2.19. The van der Waals surface area contributed by atoms with Gasteiger partial charge in [-0.3, -0.25) is 14.3 Å². The van der Waals surface area contributed by atoms with Gasteiger partial charge >= 0.3 is 0 Å². The largest absolute Gasteiger partial charge is 0.351 e. The van der Waals surface area contributed by atoms with E-state index in [9.17, 15) is 9.59 Å². The zero-order chi connectivity index (χ0) is 17.8. The summed E-state index contributed by atoms with van der Waals surface area (Å²) >= 11 is 0. The molecule has 1 saturated heterocycles. The molecule has 0 aliphatic carbocycles. The van der Waals surface area contributed by atoms with Crippen molar-refractivity contribution in [2.45, 2.75) is 39.3 Å². The van der Waals surface area contributed by atoms with Gasteiger partial charge in [-0.05, 0) is 44.4 Å². The van der Waals surface area contributed by atoms with Gasteiger partial charge in [-0.2, -0.15) is 5.10 Å². The van der Waals surface area contributed by atoms with Gasteiger partial charge in [0.05, 0.1) is 11.7 Å². The summed E-state index contributed by atoms with van der Waals surface area (Å²) < 4.78 is 1.59. The highest BCUT2D eigenvalue weighted by atomic mass is 16.2. The Labute approximate surface area is 147 Å². The van der Waals surface area contributed by atoms with Crippen molar-refractivity contribution in [2.24, 2.45) is 5.92 Å². The first-order valence-electron chi connectivity index (χ1n) is 8.99. The Morgan fingerprint density at radius 2 is 2.20 bits per heavy atom. The number of hydrogen-bond acceptors (Lipinski definition) is 4. The van der Waals surface area contributed by atoms with Gasteiger partial charge in [0.2, 0.25) is 11.3 Å². The first kappa shape index (κ1) is 17.6. The molecule has 0 bridgehead atoms. The van der Waals surface area contributed by atoms with E-state index < -0.39 is 0 Å². The molecule has 0 spiro atoms. The van der Waals surface area contributed by atoms with Crippen LogP contribution in [0.15, 0.2) is 35.3 Å². The van der Waals surface area contributed by atoms with E-state index in [2.05, 4.69) is 22.2 Å². The van der Waals surface area contributed by atoms with Crippen molar-refractivity contribution >= 4 is 16.8 Å². The number of nitrogens with zero attached hydrogens (tertiary/aromatic N) is 3. The Hall–Kier alpha value is -2.21. The third-order valence-electron chi connectivity index (χ3n) is 4.74. The molecule has 1 aliphatic heterocycles. The van der Waals surface area contributed by atoms with Gasteiger partial charge in [0.25, 0.3) is 0 Å². The topological polar surface area (TPSA) is 67.2 Å². The van der Waals surface area contributed by atoms with Gasteiger partial charge in [-0.1, -0.05) is 19.1 Å². The van der Waals surface area contributed by atoms with Crippen LogP contribution in [-0.2, 0) is 11.3 Å². The summed E-state index contributed by atoms with van der Waals surface area (Å²) in [5.74, 6) is 0.646. The highest BCUT2D eigenvalue weighted by Crippen LogP contribution is 2.15. The summed E-state index contributed by atoms with van der Waals surface area (Å²) in [7, 11) is 0. The molecule has 1 aromatic heterocycles. The van der Waals surface area contributed by atoms with Crippen LogP contribution in [0.25, 0.3) is 10.9 Å². The molecule has 1 fully saturated rings. The number of carbonyl (C=O) groups is 1. The summed E-state index contributed by atoms with van der Waals surface area (Å²) in [5, 5.41) is 7.75. The molecule has 0 unspecified atom stereocenters. The highest BCUT2D eigenvalue weighted by molar-refractivity contribution is 5.81. The molecule has 6 heteroatoms. The fourth-order valence-corrected chi connectivity index (χ4v) is 3.63. The van der Waals surface area contributed by atoms with E-state index in [1.54, 1.807) is 10.7 Å². The molecule has 134 valence electrons. The second kappa shape index (κ2) is 7.78. The Kier molecular flexibility index (Phi) is 5.48. The SMILES string of the molecule is C[C@@H]1CCCN(C[C@@H](C)NC(=O)Cn2ncc(=O)c3ccccc32)C1. The Morgan fingerprint density at radius 3 is 3.00 bits per heavy atom. The molecule has 1 aliphatic rings. The Bertz CT molecular complexity index is 801. The number of piperidine rings is 1. The molecule has 2 heterocycles. The first-order valence-corrected chi connectivity index (χ1v) is 8.99. The lowest BCUT2D eigenvalue weighted by molar-refractivity contribution is -0.122. The van der Waals surface area contributed by atoms with Crippen LogP contribution in [0, 0.1) is 5.92 Å². The summed E-state index contributed by atoms with van der Waals surface area (Å²) in [6, 6.07) is 7.32. The predicted molar refractivity (Wildman–Crippen MR) is 98.4 cm³/mol. The quantitative estimate of drug-likeness (QED) is 0.897. The monoisotopic (exact) mass is 342 g/mol. The van der Waals surface area contributed by atoms with Crippen LogP contribution in [0.5, 0.6) is 0 Å². The predicted octanol–water partition coefficient (Wildman–Crippen LogP) is 1.63. The second-order valence-electron chi connectivity index (χ2n) is 7.16. The van der Waals surface area contributed by atoms with Crippen LogP contribution in [-0.4, -0.2) is 46.3 Å². The van der Waals surface area contributed by atoms with Crippen molar-refractivity contribution < 1.29 is 4.79 Å². The zero-order valence-electron chi connectivity index (χ0n) is 14.9. The molecule has 3 rings (SSSR count). The lowest BCUT2D eigenvalue weighted by Crippen LogP contribution is -2.46. The van der Waals surface area contributed by atoms with Crippen LogP contribution in [0.2, 0.25) is 0 Å². The van der Waals surface area contributed by atoms with Gasteiger partial charge in [-0.15, -0.1) is 0 Å². The van der Waals surface area contributed by atoms with Gasteiger partial charge in [0, 0.05) is 24.5 Å². The minimum absolute atomic E-state index is 0.0844. The molecule has 25 heavy (non-hydrogen) atoms. The third-order valence-corrected chi connectivity index (χ3v) is 4.74. The number of rotatable bonds is 5. The molecule has 2 aromatic rings. The van der Waals surface area contributed by atoms with Crippen molar-refractivity contribution in [1.82, 2.24) is 20.0 Å². The maximum absolute atomic E-state index is 12.4. The second-order valence-corrected chi connectivity index (χ2v) is 7.16. The number of para-hydroxylation sites is 1. The number of hydrogen-bond donors (Lipinski definition) is 1. The molecule has 1 amide bonds. The number of likely N-dealkylation sites (tertiary alicyclic amines) is 1. The molecule has 1 N–H and O–H groups in total. The maximum Gasteiger partial charge on any atom is 0.242 e. The normalized spacial score (nSPS) is 19.7. The van der Waals surface area contributed by atoms with Crippen molar-refractivity contribution in [3.63, 3.8) is 0 Å². The lowest BCUT2D eigenvalue weighted by atomic mass is 10.00. The number of nitrogens with one attached hydrogen (secondary N) is 1. The van der Waals surface area contributed by atoms with E-state index in [1.807, 2.05) is 25.1 Å². The number of carbonyl (C=O) groups excluding carboxylic acids is 1. The summed E-state index contributed by atoms with van der Waals surface area (Å²) in [4.78, 5) is 26.7. The van der Waals surface area contributed by atoms with Crippen LogP contribution in [0.1, 0.15) is 26.7 Å². The van der Waals surface area contributed by atoms with Gasteiger partial charge in [-0.25, -0.2) is 0 Å². The average Bonchev–Trinajstić information content (AvgIpc) is 2.57. The van der Waals surface area contributed by atoms with Crippen molar-refractivity contribution in [3.05, 3.63) is 40.7 Å². The number of aromatic nitrogens is 2. The Morgan fingerprint density at radius 1 is 1.40 bits per heavy atom. The summed E-state index contributed by atoms with van der Waals surface area (Å²) in [6.45, 7) is 7.51. The van der Waals surface area contributed by atoms with Crippen LogP contribution in [0.3, 0.4) is 0 Å². The van der Waals surface area contributed by atoms with E-state index in [-0.39, 0.29) is 23.9 Å². The van der Waals surface area contributed by atoms with E-state index in [0.717, 1.165) is 25.6 Å². The van der Waals surface area contributed by atoms with E-state index in [0.29, 0.717) is 10.9 Å². The maximum atomic E-state index is 12.4. The Balaban J connectivity index is 1.61. The number of benzene rings is 1. The molecule has 0 saturated carbocycles. The minimum atomic E-state index is -0.125. The standard InChI is InChI=1S/C19H26N4O2/c1-14-6-5-9-22(11-14)12-15(2)21-19(25)13-23-17-8-4-3-7-16(17)18(24)10-20-23/h3-4,7-8,10,14-15H,5-6,9,11-13H2,1-2H3,(H,21,25)/t14-,15-/m1/s1. The van der Waals surface area contributed by atoms with Crippen molar-refractivity contribution in [1.29, 1.82) is 0 Å². The van der Waals surface area contributed by atoms with E-state index >= 15 is 0 Å². The van der Waals surface area contributed by atoms with E-state index in [4.69, 9.17) is 0 Å².